The summed E-state index contributed by atoms with van der Waals surface area (Å²) in [6.07, 6.45) is 3.18. The van der Waals surface area contributed by atoms with Crippen molar-refractivity contribution in [3.8, 4) is 11.6 Å². The van der Waals surface area contributed by atoms with Gasteiger partial charge < -0.3 is 8.98 Å². The number of rotatable bonds is 1. The Morgan fingerprint density at radius 3 is 3.06 bits per heavy atom. The Kier molecular flexibility index (Phi) is 1.87. The van der Waals surface area contributed by atoms with E-state index < -0.39 is 0 Å². The average Bonchev–Trinajstić information content (AvgIpc) is 2.91. The number of aromatic nitrogens is 5. The minimum Gasteiger partial charge on any atom is -0.461 e. The molecule has 3 aromatic rings. The van der Waals surface area contributed by atoms with Gasteiger partial charge in [0.05, 0.1) is 6.26 Å². The van der Waals surface area contributed by atoms with Crippen LogP contribution in [0.1, 0.15) is 0 Å². The van der Waals surface area contributed by atoms with E-state index in [1.54, 1.807) is 29.3 Å². The molecular formula is C9H7N5OS. The van der Waals surface area contributed by atoms with E-state index >= 15 is 0 Å². The molecule has 6 nitrogen and oxygen atoms in total. The van der Waals surface area contributed by atoms with Crippen molar-refractivity contribution < 1.29 is 4.42 Å². The van der Waals surface area contributed by atoms with Gasteiger partial charge in [-0.2, -0.15) is 9.50 Å². The van der Waals surface area contributed by atoms with E-state index in [9.17, 15) is 0 Å². The van der Waals surface area contributed by atoms with Crippen LogP contribution in [0, 0.1) is 4.77 Å². The molecule has 0 aliphatic rings. The van der Waals surface area contributed by atoms with Crippen molar-refractivity contribution in [2.45, 2.75) is 0 Å². The molecule has 0 aromatic carbocycles. The Balaban J connectivity index is 2.32. The van der Waals surface area contributed by atoms with Crippen LogP contribution in [-0.2, 0) is 7.05 Å². The normalized spacial score (nSPS) is 11.1. The Morgan fingerprint density at radius 1 is 1.44 bits per heavy atom. The molecule has 0 saturated heterocycles. The molecule has 0 bridgehead atoms. The minimum absolute atomic E-state index is 0.467. The van der Waals surface area contributed by atoms with E-state index in [4.69, 9.17) is 16.6 Å². The average molecular weight is 233 g/mol. The van der Waals surface area contributed by atoms with Gasteiger partial charge in [0.25, 0.3) is 5.78 Å². The Bertz CT molecular complexity index is 696. The number of nitrogens with zero attached hydrogens (tertiary/aromatic N) is 5. The van der Waals surface area contributed by atoms with Gasteiger partial charge in [0.15, 0.2) is 5.76 Å². The summed E-state index contributed by atoms with van der Waals surface area (Å²) >= 11 is 5.19. The number of furan rings is 1. The molecule has 16 heavy (non-hydrogen) atoms. The fourth-order valence-electron chi connectivity index (χ4n) is 1.36. The maximum atomic E-state index is 5.21. The standard InChI is InChI=1S/C9H7N5OS/c1-13-5-10-8-11-7(6-3-2-4-15-6)12-14(8)9(13)16/h2-5H,1H3. The SMILES string of the molecule is Cn1cnc2nc(-c3ccco3)nn2c1=S. The van der Waals surface area contributed by atoms with Crippen LogP contribution in [0.15, 0.2) is 29.1 Å². The summed E-state index contributed by atoms with van der Waals surface area (Å²) in [6, 6.07) is 3.57. The van der Waals surface area contributed by atoms with Crippen LogP contribution in [0.25, 0.3) is 17.4 Å². The molecule has 7 heteroatoms. The summed E-state index contributed by atoms with van der Waals surface area (Å²) in [6.45, 7) is 0. The molecule has 0 aliphatic heterocycles. The first-order chi connectivity index (χ1) is 7.75. The highest BCUT2D eigenvalue weighted by Gasteiger charge is 2.10. The van der Waals surface area contributed by atoms with Gasteiger partial charge in [-0.25, -0.2) is 4.98 Å². The second-order valence-corrected chi connectivity index (χ2v) is 3.63. The van der Waals surface area contributed by atoms with E-state index in [2.05, 4.69) is 15.1 Å². The molecule has 80 valence electrons. The molecule has 3 heterocycles. The highest BCUT2D eigenvalue weighted by atomic mass is 32.1. The Labute approximate surface area is 95.2 Å². The lowest BCUT2D eigenvalue weighted by molar-refractivity contribution is 0.577. The number of aryl methyl sites for hydroxylation is 1. The van der Waals surface area contributed by atoms with Crippen LogP contribution < -0.4 is 0 Å². The predicted molar refractivity (Wildman–Crippen MR) is 58.3 cm³/mol. The van der Waals surface area contributed by atoms with Gasteiger partial charge in [-0.1, -0.05) is 0 Å². The van der Waals surface area contributed by atoms with Crippen molar-refractivity contribution in [3.05, 3.63) is 29.5 Å². The molecular weight excluding hydrogens is 226 g/mol. The zero-order valence-corrected chi connectivity index (χ0v) is 9.18. The zero-order chi connectivity index (χ0) is 11.1. The number of fused-ring (bicyclic) bond motifs is 1. The topological polar surface area (TPSA) is 61.2 Å². The van der Waals surface area contributed by atoms with Crippen molar-refractivity contribution in [1.82, 2.24) is 24.1 Å². The van der Waals surface area contributed by atoms with Crippen molar-refractivity contribution in [2.24, 2.45) is 7.05 Å². The number of hydrogen-bond donors (Lipinski definition) is 0. The van der Waals surface area contributed by atoms with E-state index in [1.165, 1.54) is 4.52 Å². The fraction of sp³-hybridized carbons (Fsp3) is 0.111. The van der Waals surface area contributed by atoms with Crippen molar-refractivity contribution in [2.75, 3.05) is 0 Å². The fourth-order valence-corrected chi connectivity index (χ4v) is 1.53. The van der Waals surface area contributed by atoms with Gasteiger partial charge in [-0.3, -0.25) is 0 Å². The van der Waals surface area contributed by atoms with Gasteiger partial charge >= 0.3 is 0 Å². The van der Waals surface area contributed by atoms with Gasteiger partial charge in [0.1, 0.15) is 6.33 Å². The lowest BCUT2D eigenvalue weighted by atomic mass is 10.4. The quantitative estimate of drug-likeness (QED) is 0.595. The van der Waals surface area contributed by atoms with Gasteiger partial charge in [0.2, 0.25) is 10.6 Å². The van der Waals surface area contributed by atoms with E-state index in [-0.39, 0.29) is 0 Å². The summed E-state index contributed by atoms with van der Waals surface area (Å²) in [4.78, 5) is 8.34. The van der Waals surface area contributed by atoms with E-state index in [0.29, 0.717) is 22.1 Å². The molecule has 0 saturated carbocycles. The highest BCUT2D eigenvalue weighted by molar-refractivity contribution is 7.71. The maximum absolute atomic E-state index is 5.21. The van der Waals surface area contributed by atoms with Crippen molar-refractivity contribution in [1.29, 1.82) is 0 Å². The lowest BCUT2D eigenvalue weighted by Gasteiger charge is -1.96. The molecule has 0 atom stereocenters. The molecule has 0 aliphatic carbocycles. The van der Waals surface area contributed by atoms with Gasteiger partial charge in [0, 0.05) is 7.05 Å². The second kappa shape index (κ2) is 3.24. The summed E-state index contributed by atoms with van der Waals surface area (Å²) in [5.74, 6) is 1.55. The predicted octanol–water partition coefficient (Wildman–Crippen LogP) is 1.45. The molecule has 0 radical (unpaired) electrons. The maximum Gasteiger partial charge on any atom is 0.256 e. The summed E-state index contributed by atoms with van der Waals surface area (Å²) in [5, 5.41) is 4.24. The van der Waals surface area contributed by atoms with Gasteiger partial charge in [-0.15, -0.1) is 5.10 Å². The third-order valence-electron chi connectivity index (χ3n) is 2.16. The first-order valence-corrected chi connectivity index (χ1v) is 4.99. The van der Waals surface area contributed by atoms with E-state index in [0.717, 1.165) is 0 Å². The summed E-state index contributed by atoms with van der Waals surface area (Å²) in [7, 11) is 1.81. The molecule has 0 fully saturated rings. The molecule has 0 spiro atoms. The zero-order valence-electron chi connectivity index (χ0n) is 8.36. The molecule has 0 amide bonds. The van der Waals surface area contributed by atoms with Crippen LogP contribution in [0.2, 0.25) is 0 Å². The first-order valence-electron chi connectivity index (χ1n) is 4.58. The third kappa shape index (κ3) is 1.25. The smallest absolute Gasteiger partial charge is 0.256 e. The van der Waals surface area contributed by atoms with Crippen molar-refractivity contribution in [3.63, 3.8) is 0 Å². The van der Waals surface area contributed by atoms with Crippen LogP contribution in [0.5, 0.6) is 0 Å². The monoisotopic (exact) mass is 233 g/mol. The Hall–Kier alpha value is -2.02. The Morgan fingerprint density at radius 2 is 2.31 bits per heavy atom. The molecule has 3 aromatic heterocycles. The molecule has 0 N–H and O–H groups in total. The van der Waals surface area contributed by atoms with Crippen LogP contribution >= 0.6 is 12.2 Å². The summed E-state index contributed by atoms with van der Waals surface area (Å²) in [5.41, 5.74) is 0. The molecule has 0 unspecified atom stereocenters. The van der Waals surface area contributed by atoms with Crippen LogP contribution in [0.4, 0.5) is 0 Å². The van der Waals surface area contributed by atoms with E-state index in [1.807, 2.05) is 7.05 Å². The third-order valence-corrected chi connectivity index (χ3v) is 2.62. The van der Waals surface area contributed by atoms with Crippen LogP contribution in [0.3, 0.4) is 0 Å². The number of hydrogen-bond acceptors (Lipinski definition) is 5. The summed E-state index contributed by atoms with van der Waals surface area (Å²) < 4.78 is 8.95. The lowest BCUT2D eigenvalue weighted by Crippen LogP contribution is -2.02. The second-order valence-electron chi connectivity index (χ2n) is 3.26. The minimum atomic E-state index is 0.467. The first kappa shape index (κ1) is 9.22. The van der Waals surface area contributed by atoms with Gasteiger partial charge in [-0.05, 0) is 24.4 Å². The van der Waals surface area contributed by atoms with Crippen LogP contribution in [-0.4, -0.2) is 24.1 Å². The highest BCUT2D eigenvalue weighted by Crippen LogP contribution is 2.15. The largest absolute Gasteiger partial charge is 0.461 e. The molecule has 3 rings (SSSR count). The van der Waals surface area contributed by atoms with Crippen molar-refractivity contribution >= 4 is 18.0 Å².